The molecule has 2 N–H and O–H groups in total. The van der Waals surface area contributed by atoms with Crippen LogP contribution < -0.4 is 5.43 Å². The van der Waals surface area contributed by atoms with Crippen LogP contribution in [0, 0.1) is 0 Å². The third-order valence-electron chi connectivity index (χ3n) is 3.03. The van der Waals surface area contributed by atoms with E-state index in [9.17, 15) is 9.59 Å². The summed E-state index contributed by atoms with van der Waals surface area (Å²) in [6.07, 6.45) is 2.30. The number of carboxylic acids is 1. The van der Waals surface area contributed by atoms with Crippen LogP contribution in [0.4, 0.5) is 0 Å². The van der Waals surface area contributed by atoms with Crippen molar-refractivity contribution in [2.75, 3.05) is 0 Å². The van der Waals surface area contributed by atoms with Gasteiger partial charge < -0.3 is 10.1 Å². The van der Waals surface area contributed by atoms with E-state index in [1.807, 2.05) is 0 Å². The van der Waals surface area contributed by atoms with Crippen LogP contribution in [-0.2, 0) is 0 Å². The fraction of sp³-hybridized carbons (Fsp3) is 0. The lowest BCUT2D eigenvalue weighted by Gasteiger charge is -2.06. The molecule has 0 atom stereocenters. The van der Waals surface area contributed by atoms with Crippen molar-refractivity contribution in [1.82, 2.24) is 15.0 Å². The van der Waals surface area contributed by atoms with Gasteiger partial charge in [-0.1, -0.05) is 23.2 Å². The first kappa shape index (κ1) is 14.5. The number of benzene rings is 1. The molecule has 2 aromatic heterocycles. The van der Waals surface area contributed by atoms with E-state index in [2.05, 4.69) is 15.0 Å². The summed E-state index contributed by atoms with van der Waals surface area (Å²) in [6, 6.07) is 4.85. The predicted molar refractivity (Wildman–Crippen MR) is 82.6 cm³/mol. The SMILES string of the molecule is O=C(O)c1c[nH]c2c(-c3cc(Cl)cc(Cl)c3)ncnc2c1=O. The Morgan fingerprint density at radius 1 is 1.14 bits per heavy atom. The summed E-state index contributed by atoms with van der Waals surface area (Å²) in [4.78, 5) is 33.9. The van der Waals surface area contributed by atoms with Crippen molar-refractivity contribution in [2.45, 2.75) is 0 Å². The number of halogens is 2. The molecule has 6 nitrogen and oxygen atoms in total. The lowest BCUT2D eigenvalue weighted by Crippen LogP contribution is -2.16. The summed E-state index contributed by atoms with van der Waals surface area (Å²) in [6.45, 7) is 0. The molecular formula is C14H7Cl2N3O3. The number of hydrogen-bond acceptors (Lipinski definition) is 4. The van der Waals surface area contributed by atoms with Crippen LogP contribution in [0.5, 0.6) is 0 Å². The molecule has 0 bridgehead atoms. The van der Waals surface area contributed by atoms with Gasteiger partial charge in [0.25, 0.3) is 0 Å². The van der Waals surface area contributed by atoms with Gasteiger partial charge in [-0.25, -0.2) is 14.8 Å². The van der Waals surface area contributed by atoms with Crippen molar-refractivity contribution in [1.29, 1.82) is 0 Å². The smallest absolute Gasteiger partial charge is 0.341 e. The molecule has 2 heterocycles. The predicted octanol–water partition coefficient (Wildman–Crippen LogP) is 2.99. The molecule has 22 heavy (non-hydrogen) atoms. The van der Waals surface area contributed by atoms with Crippen molar-refractivity contribution >= 4 is 40.2 Å². The molecule has 0 unspecified atom stereocenters. The molecule has 0 aliphatic rings. The number of hydrogen-bond donors (Lipinski definition) is 2. The van der Waals surface area contributed by atoms with Crippen LogP contribution in [0.3, 0.4) is 0 Å². The fourth-order valence-corrected chi connectivity index (χ4v) is 2.63. The zero-order chi connectivity index (χ0) is 15.9. The molecule has 0 radical (unpaired) electrons. The second kappa shape index (κ2) is 5.40. The molecule has 3 aromatic rings. The maximum atomic E-state index is 12.1. The maximum Gasteiger partial charge on any atom is 0.341 e. The molecule has 0 amide bonds. The highest BCUT2D eigenvalue weighted by Crippen LogP contribution is 2.28. The Morgan fingerprint density at radius 3 is 2.45 bits per heavy atom. The van der Waals surface area contributed by atoms with Crippen LogP contribution in [0.1, 0.15) is 10.4 Å². The minimum absolute atomic E-state index is 0.0130. The number of fused-ring (bicyclic) bond motifs is 1. The molecule has 0 saturated carbocycles. The fourth-order valence-electron chi connectivity index (χ4n) is 2.10. The third kappa shape index (κ3) is 2.43. The van der Waals surface area contributed by atoms with Crippen molar-refractivity contribution in [3.63, 3.8) is 0 Å². The van der Waals surface area contributed by atoms with Gasteiger partial charge in [0.2, 0.25) is 5.43 Å². The summed E-state index contributed by atoms with van der Waals surface area (Å²) in [5.41, 5.74) is 0.225. The van der Waals surface area contributed by atoms with Crippen molar-refractivity contribution in [3.8, 4) is 11.3 Å². The van der Waals surface area contributed by atoms with Crippen molar-refractivity contribution in [3.05, 3.63) is 56.6 Å². The molecule has 1 aromatic carbocycles. The van der Waals surface area contributed by atoms with Gasteiger partial charge in [0.05, 0.1) is 11.2 Å². The zero-order valence-electron chi connectivity index (χ0n) is 10.8. The van der Waals surface area contributed by atoms with Gasteiger partial charge in [-0.15, -0.1) is 0 Å². The normalized spacial score (nSPS) is 10.8. The number of pyridine rings is 1. The minimum Gasteiger partial charge on any atom is -0.477 e. The molecule has 0 aliphatic heterocycles. The molecule has 0 spiro atoms. The molecule has 0 saturated heterocycles. The zero-order valence-corrected chi connectivity index (χ0v) is 12.3. The van der Waals surface area contributed by atoms with Crippen molar-refractivity contribution in [2.24, 2.45) is 0 Å². The van der Waals surface area contributed by atoms with E-state index < -0.39 is 11.4 Å². The highest BCUT2D eigenvalue weighted by Gasteiger charge is 2.16. The summed E-state index contributed by atoms with van der Waals surface area (Å²) in [5.74, 6) is -1.32. The summed E-state index contributed by atoms with van der Waals surface area (Å²) in [7, 11) is 0. The Morgan fingerprint density at radius 2 is 1.82 bits per heavy atom. The van der Waals surface area contributed by atoms with Crippen LogP contribution in [0.15, 0.2) is 35.5 Å². The summed E-state index contributed by atoms with van der Waals surface area (Å²) >= 11 is 11.9. The Bertz CT molecular complexity index is 949. The number of carboxylic acid groups (broad SMARTS) is 1. The van der Waals surface area contributed by atoms with Crippen LogP contribution in [-0.4, -0.2) is 26.0 Å². The Labute approximate surface area is 133 Å². The molecular weight excluding hydrogens is 329 g/mol. The van der Waals surface area contributed by atoms with E-state index in [4.69, 9.17) is 28.3 Å². The number of aromatic carboxylic acids is 1. The number of aromatic nitrogens is 3. The number of carbonyl (C=O) groups is 1. The lowest BCUT2D eigenvalue weighted by atomic mass is 10.1. The van der Waals surface area contributed by atoms with E-state index >= 15 is 0 Å². The van der Waals surface area contributed by atoms with E-state index in [-0.39, 0.29) is 11.1 Å². The Balaban J connectivity index is 2.34. The summed E-state index contributed by atoms with van der Waals surface area (Å²) in [5, 5.41) is 9.82. The molecule has 8 heteroatoms. The minimum atomic E-state index is -1.32. The highest BCUT2D eigenvalue weighted by molar-refractivity contribution is 6.35. The third-order valence-corrected chi connectivity index (χ3v) is 3.47. The number of aromatic amines is 1. The standard InChI is InChI=1S/C14H7Cl2N3O3/c15-7-1-6(2-8(16)3-7)10-11-12(19-5-18-10)13(20)9(4-17-11)14(21)22/h1-5H,(H,17,20)(H,21,22). The first-order chi connectivity index (χ1) is 10.5. The lowest BCUT2D eigenvalue weighted by molar-refractivity contribution is 0.0695. The van der Waals surface area contributed by atoms with Crippen LogP contribution in [0.25, 0.3) is 22.3 Å². The van der Waals surface area contributed by atoms with Crippen LogP contribution in [0.2, 0.25) is 10.0 Å². The van der Waals surface area contributed by atoms with Gasteiger partial charge in [-0.2, -0.15) is 0 Å². The topological polar surface area (TPSA) is 95.9 Å². The van der Waals surface area contributed by atoms with E-state index in [0.29, 0.717) is 26.8 Å². The van der Waals surface area contributed by atoms with Gasteiger partial charge in [0.1, 0.15) is 17.4 Å². The number of nitrogens with zero attached hydrogens (tertiary/aromatic N) is 2. The Kier molecular flexibility index (Phi) is 3.56. The average Bonchev–Trinajstić information content (AvgIpc) is 2.45. The Hall–Kier alpha value is -2.44. The number of rotatable bonds is 2. The van der Waals surface area contributed by atoms with E-state index in [0.717, 1.165) is 6.20 Å². The second-order valence-electron chi connectivity index (χ2n) is 4.44. The van der Waals surface area contributed by atoms with Gasteiger partial charge in [0, 0.05) is 21.8 Å². The van der Waals surface area contributed by atoms with E-state index in [1.54, 1.807) is 18.2 Å². The quantitative estimate of drug-likeness (QED) is 0.750. The monoisotopic (exact) mass is 335 g/mol. The molecule has 0 fully saturated rings. The van der Waals surface area contributed by atoms with Gasteiger partial charge >= 0.3 is 5.97 Å². The first-order valence-electron chi connectivity index (χ1n) is 6.03. The first-order valence-corrected chi connectivity index (χ1v) is 6.79. The summed E-state index contributed by atoms with van der Waals surface area (Å²) < 4.78 is 0. The van der Waals surface area contributed by atoms with Crippen LogP contribution >= 0.6 is 23.2 Å². The number of nitrogens with one attached hydrogen (secondary N) is 1. The molecule has 3 rings (SSSR count). The van der Waals surface area contributed by atoms with Gasteiger partial charge in [-0.3, -0.25) is 4.79 Å². The largest absolute Gasteiger partial charge is 0.477 e. The van der Waals surface area contributed by atoms with Gasteiger partial charge in [0.15, 0.2) is 0 Å². The van der Waals surface area contributed by atoms with Crippen molar-refractivity contribution < 1.29 is 9.90 Å². The molecule has 0 aliphatic carbocycles. The highest BCUT2D eigenvalue weighted by atomic mass is 35.5. The number of H-pyrrole nitrogens is 1. The average molecular weight is 336 g/mol. The van der Waals surface area contributed by atoms with Gasteiger partial charge in [-0.05, 0) is 18.2 Å². The molecule has 110 valence electrons. The maximum absolute atomic E-state index is 12.1. The second-order valence-corrected chi connectivity index (χ2v) is 5.31. The van der Waals surface area contributed by atoms with E-state index in [1.165, 1.54) is 6.33 Å².